The smallest absolute Gasteiger partial charge is 0.169 e. The Morgan fingerprint density at radius 2 is 1.96 bits per heavy atom. The third-order valence-electron chi connectivity index (χ3n) is 6.35. The van der Waals surface area contributed by atoms with E-state index < -0.39 is 0 Å². The summed E-state index contributed by atoms with van der Waals surface area (Å²) in [5.74, 6) is 1.25. The van der Waals surface area contributed by atoms with Crippen molar-refractivity contribution in [2.45, 2.75) is 51.5 Å². The van der Waals surface area contributed by atoms with E-state index in [1.54, 1.807) is 6.20 Å². The molecule has 150 valence electrons. The number of Topliss-reactive ketones (excluding diaryl/α,β-unsaturated/α-hetero) is 1. The lowest BCUT2D eigenvalue weighted by atomic mass is 9.85. The van der Waals surface area contributed by atoms with Crippen molar-refractivity contribution in [3.63, 3.8) is 0 Å². The van der Waals surface area contributed by atoms with Gasteiger partial charge in [0, 0.05) is 34.6 Å². The van der Waals surface area contributed by atoms with Crippen LogP contribution in [0, 0.1) is 11.8 Å². The summed E-state index contributed by atoms with van der Waals surface area (Å²) >= 11 is 3.59. The van der Waals surface area contributed by atoms with Crippen molar-refractivity contribution in [1.29, 1.82) is 0 Å². The van der Waals surface area contributed by atoms with Gasteiger partial charge in [-0.3, -0.25) is 9.78 Å². The third kappa shape index (κ3) is 4.41. The second-order valence-electron chi connectivity index (χ2n) is 8.56. The van der Waals surface area contributed by atoms with Gasteiger partial charge in [-0.15, -0.1) is 0 Å². The Morgan fingerprint density at radius 1 is 1.21 bits per heavy atom. The minimum absolute atomic E-state index is 0.201. The zero-order valence-electron chi connectivity index (χ0n) is 16.9. The highest BCUT2D eigenvalue weighted by atomic mass is 79.9. The number of anilines is 1. The molecule has 1 aromatic heterocycles. The van der Waals surface area contributed by atoms with E-state index in [1.807, 2.05) is 12.1 Å². The molecule has 5 heteroatoms. The second-order valence-corrected chi connectivity index (χ2v) is 9.48. The molecule has 0 amide bonds. The first kappa shape index (κ1) is 19.8. The number of benzene rings is 1. The summed E-state index contributed by atoms with van der Waals surface area (Å²) in [7, 11) is 2.21. The van der Waals surface area contributed by atoms with Crippen LogP contribution in [0.5, 0.6) is 0 Å². The summed E-state index contributed by atoms with van der Waals surface area (Å²) < 4.78 is 1.02. The molecule has 0 spiro atoms. The molecule has 0 unspecified atom stereocenters. The van der Waals surface area contributed by atoms with Crippen LogP contribution >= 0.6 is 15.9 Å². The van der Waals surface area contributed by atoms with Crippen LogP contribution in [-0.4, -0.2) is 41.8 Å². The van der Waals surface area contributed by atoms with Crippen molar-refractivity contribution < 1.29 is 4.79 Å². The maximum absolute atomic E-state index is 12.9. The fourth-order valence-corrected chi connectivity index (χ4v) is 4.70. The number of aromatic nitrogens is 1. The van der Waals surface area contributed by atoms with Gasteiger partial charge in [-0.25, -0.2) is 0 Å². The Balaban J connectivity index is 1.56. The van der Waals surface area contributed by atoms with Crippen molar-refractivity contribution in [3.8, 4) is 0 Å². The Morgan fingerprint density at radius 3 is 2.64 bits per heavy atom. The van der Waals surface area contributed by atoms with E-state index in [-0.39, 0.29) is 11.7 Å². The molecule has 1 heterocycles. The van der Waals surface area contributed by atoms with Gasteiger partial charge < -0.3 is 10.2 Å². The third-order valence-corrected chi connectivity index (χ3v) is 6.84. The first-order valence-electron chi connectivity index (χ1n) is 10.6. The molecule has 1 aromatic carbocycles. The first-order valence-corrected chi connectivity index (χ1v) is 11.4. The number of pyridine rings is 1. The lowest BCUT2D eigenvalue weighted by molar-refractivity contribution is 0.0968. The molecule has 0 radical (unpaired) electrons. The highest BCUT2D eigenvalue weighted by molar-refractivity contribution is 9.10. The van der Waals surface area contributed by atoms with Crippen LogP contribution in [0.25, 0.3) is 10.9 Å². The first-order chi connectivity index (χ1) is 13.5. The molecule has 2 aliphatic rings. The fourth-order valence-electron chi connectivity index (χ4n) is 4.34. The molecule has 2 saturated carbocycles. The van der Waals surface area contributed by atoms with Gasteiger partial charge in [-0.2, -0.15) is 0 Å². The number of halogens is 1. The van der Waals surface area contributed by atoms with Gasteiger partial charge in [0.1, 0.15) is 0 Å². The van der Waals surface area contributed by atoms with Crippen LogP contribution < -0.4 is 5.32 Å². The van der Waals surface area contributed by atoms with Crippen LogP contribution in [0.1, 0.15) is 55.8 Å². The number of nitrogens with one attached hydrogen (secondary N) is 1. The summed E-state index contributed by atoms with van der Waals surface area (Å²) in [5.41, 5.74) is 2.72. The largest absolute Gasteiger partial charge is 0.381 e. The van der Waals surface area contributed by atoms with E-state index in [1.165, 1.54) is 19.4 Å². The zero-order valence-corrected chi connectivity index (χ0v) is 18.5. The highest BCUT2D eigenvalue weighted by Crippen LogP contribution is 2.38. The zero-order chi connectivity index (χ0) is 19.7. The SMILES string of the molecule is CCN(C)CC1CCC(Nc2c(C(=O)C3CC3)cnc3ccc(Br)cc23)CC1. The molecule has 2 fully saturated rings. The Labute approximate surface area is 176 Å². The van der Waals surface area contributed by atoms with Crippen LogP contribution in [-0.2, 0) is 0 Å². The lowest BCUT2D eigenvalue weighted by Crippen LogP contribution is -2.32. The molecule has 0 aliphatic heterocycles. The number of fused-ring (bicyclic) bond motifs is 1. The lowest BCUT2D eigenvalue weighted by Gasteiger charge is -2.32. The van der Waals surface area contributed by atoms with Gasteiger partial charge in [0.05, 0.1) is 16.8 Å². The van der Waals surface area contributed by atoms with Crippen molar-refractivity contribution in [2.24, 2.45) is 11.8 Å². The minimum Gasteiger partial charge on any atom is -0.381 e. The van der Waals surface area contributed by atoms with Gasteiger partial charge >= 0.3 is 0 Å². The number of carbonyl (C=O) groups excluding carboxylic acids is 1. The number of nitrogens with zero attached hydrogens (tertiary/aromatic N) is 2. The van der Waals surface area contributed by atoms with Crippen LogP contribution in [0.15, 0.2) is 28.9 Å². The molecule has 2 aliphatic carbocycles. The number of hydrogen-bond donors (Lipinski definition) is 1. The Kier molecular flexibility index (Phi) is 6.02. The molecule has 0 bridgehead atoms. The standard InChI is InChI=1S/C23H30BrN3O/c1-3-27(2)14-15-4-9-18(10-5-15)26-22-19-12-17(24)8-11-21(19)25-13-20(22)23(28)16-6-7-16/h8,11-13,15-16,18H,3-7,9-10,14H2,1-2H3,(H,25,26). The highest BCUT2D eigenvalue weighted by Gasteiger charge is 2.33. The molecule has 1 N–H and O–H groups in total. The van der Waals surface area contributed by atoms with Gasteiger partial charge in [-0.1, -0.05) is 22.9 Å². The quantitative estimate of drug-likeness (QED) is 0.572. The summed E-state index contributed by atoms with van der Waals surface area (Å²) in [4.78, 5) is 19.9. The second kappa shape index (κ2) is 8.50. The Bertz CT molecular complexity index is 856. The number of rotatable bonds is 7. The molecule has 28 heavy (non-hydrogen) atoms. The molecule has 2 aromatic rings. The number of ketones is 1. The van der Waals surface area contributed by atoms with Crippen LogP contribution in [0.3, 0.4) is 0 Å². The van der Waals surface area contributed by atoms with E-state index >= 15 is 0 Å². The average molecular weight is 444 g/mol. The van der Waals surface area contributed by atoms with Crippen LogP contribution in [0.4, 0.5) is 5.69 Å². The Hall–Kier alpha value is -1.46. The monoisotopic (exact) mass is 443 g/mol. The van der Waals surface area contributed by atoms with E-state index in [0.29, 0.717) is 6.04 Å². The van der Waals surface area contributed by atoms with Gasteiger partial charge in [-0.05, 0) is 76.2 Å². The molecular weight excluding hydrogens is 414 g/mol. The summed E-state index contributed by atoms with van der Waals surface area (Å²) in [5, 5.41) is 4.83. The van der Waals surface area contributed by atoms with E-state index in [4.69, 9.17) is 0 Å². The fraction of sp³-hybridized carbons (Fsp3) is 0.565. The summed E-state index contributed by atoms with van der Waals surface area (Å²) in [6.45, 7) is 4.53. The topological polar surface area (TPSA) is 45.2 Å². The number of carbonyl (C=O) groups is 1. The molecular formula is C23H30BrN3O. The number of hydrogen-bond acceptors (Lipinski definition) is 4. The predicted octanol–water partition coefficient (Wildman–Crippen LogP) is 5.51. The maximum atomic E-state index is 12.9. The average Bonchev–Trinajstić information content (AvgIpc) is 3.54. The summed E-state index contributed by atoms with van der Waals surface area (Å²) in [6.07, 6.45) is 8.66. The van der Waals surface area contributed by atoms with E-state index in [0.717, 1.165) is 64.8 Å². The predicted molar refractivity (Wildman–Crippen MR) is 119 cm³/mol. The van der Waals surface area contributed by atoms with Crippen molar-refractivity contribution in [3.05, 3.63) is 34.4 Å². The van der Waals surface area contributed by atoms with Gasteiger partial charge in [0.15, 0.2) is 5.78 Å². The van der Waals surface area contributed by atoms with Gasteiger partial charge in [0.25, 0.3) is 0 Å². The van der Waals surface area contributed by atoms with E-state index in [2.05, 4.69) is 51.2 Å². The van der Waals surface area contributed by atoms with Crippen LogP contribution in [0.2, 0.25) is 0 Å². The molecule has 4 nitrogen and oxygen atoms in total. The molecule has 4 rings (SSSR count). The molecule has 0 atom stereocenters. The van der Waals surface area contributed by atoms with E-state index in [9.17, 15) is 4.79 Å². The van der Waals surface area contributed by atoms with Crippen molar-refractivity contribution >= 4 is 38.3 Å². The summed E-state index contributed by atoms with van der Waals surface area (Å²) in [6, 6.07) is 6.55. The maximum Gasteiger partial charge on any atom is 0.169 e. The minimum atomic E-state index is 0.201. The van der Waals surface area contributed by atoms with Gasteiger partial charge in [0.2, 0.25) is 0 Å². The molecule has 0 saturated heterocycles. The van der Waals surface area contributed by atoms with Crippen molar-refractivity contribution in [2.75, 3.05) is 25.5 Å². The normalized spacial score (nSPS) is 22.6. The van der Waals surface area contributed by atoms with Crippen molar-refractivity contribution in [1.82, 2.24) is 9.88 Å².